The maximum atomic E-state index is 12.0. The molecule has 0 spiro atoms. The largest absolute Gasteiger partial charge is 0.369 e. The van der Waals surface area contributed by atoms with Crippen LogP contribution in [0.25, 0.3) is 0 Å². The number of hydrogen-bond acceptors (Lipinski definition) is 4. The number of hydrogen-bond donors (Lipinski definition) is 1. The average molecular weight is 308 g/mol. The standard InChI is InChI=1S/C18H32N2O2/c1-11(2)19-12(17(3,4)5)10-20(9)14-13(18(6,7)8)15(21)16(14)22/h11-12,19H,10H2,1-9H3/t12-/m1/s1. The van der Waals surface area contributed by atoms with Crippen LogP contribution in [0.15, 0.2) is 9.59 Å². The molecule has 0 saturated carbocycles. The Morgan fingerprint density at radius 3 is 1.86 bits per heavy atom. The van der Waals surface area contributed by atoms with Gasteiger partial charge in [0.1, 0.15) is 0 Å². The third-order valence-corrected chi connectivity index (χ3v) is 4.05. The summed E-state index contributed by atoms with van der Waals surface area (Å²) >= 11 is 0. The molecule has 1 atom stereocenters. The Morgan fingerprint density at radius 2 is 1.50 bits per heavy atom. The molecule has 1 aromatic carbocycles. The second kappa shape index (κ2) is 6.15. The number of anilines is 1. The van der Waals surface area contributed by atoms with Crippen molar-refractivity contribution in [2.24, 2.45) is 5.41 Å². The summed E-state index contributed by atoms with van der Waals surface area (Å²) in [5.74, 6) is 0. The summed E-state index contributed by atoms with van der Waals surface area (Å²) in [6.07, 6.45) is 0. The summed E-state index contributed by atoms with van der Waals surface area (Å²) < 4.78 is 0. The Bertz CT molecular complexity index is 581. The molecule has 0 radical (unpaired) electrons. The number of rotatable bonds is 5. The van der Waals surface area contributed by atoms with Gasteiger partial charge in [0.2, 0.25) is 10.9 Å². The topological polar surface area (TPSA) is 49.4 Å². The van der Waals surface area contributed by atoms with Crippen LogP contribution in [0.5, 0.6) is 0 Å². The van der Waals surface area contributed by atoms with Gasteiger partial charge in [-0.1, -0.05) is 55.4 Å². The van der Waals surface area contributed by atoms with Gasteiger partial charge in [-0.15, -0.1) is 0 Å². The van der Waals surface area contributed by atoms with E-state index < -0.39 is 0 Å². The molecule has 0 aliphatic carbocycles. The van der Waals surface area contributed by atoms with E-state index in [1.165, 1.54) is 0 Å². The van der Waals surface area contributed by atoms with Crippen molar-refractivity contribution in [2.75, 3.05) is 18.5 Å². The lowest BCUT2D eigenvalue weighted by Crippen LogP contribution is -2.53. The second-order valence-corrected chi connectivity index (χ2v) is 8.75. The predicted octanol–water partition coefficient (Wildman–Crippen LogP) is 2.43. The first-order valence-corrected chi connectivity index (χ1v) is 8.07. The van der Waals surface area contributed by atoms with Crippen LogP contribution >= 0.6 is 0 Å². The monoisotopic (exact) mass is 308 g/mol. The number of likely N-dealkylation sites (N-methyl/N-ethyl adjacent to an activating group) is 1. The van der Waals surface area contributed by atoms with Gasteiger partial charge in [-0.2, -0.15) is 0 Å². The van der Waals surface area contributed by atoms with Crippen molar-refractivity contribution >= 4 is 5.69 Å². The maximum Gasteiger partial charge on any atom is 0.249 e. The Labute approximate surface area is 134 Å². The van der Waals surface area contributed by atoms with E-state index >= 15 is 0 Å². The van der Waals surface area contributed by atoms with Crippen molar-refractivity contribution in [3.8, 4) is 0 Å². The summed E-state index contributed by atoms with van der Waals surface area (Å²) in [4.78, 5) is 25.9. The van der Waals surface area contributed by atoms with Crippen LogP contribution in [0.1, 0.15) is 61.0 Å². The van der Waals surface area contributed by atoms with Gasteiger partial charge in [-0.05, 0) is 10.8 Å². The molecule has 4 nitrogen and oxygen atoms in total. The van der Waals surface area contributed by atoms with Gasteiger partial charge in [0, 0.05) is 31.2 Å². The molecule has 4 heteroatoms. The van der Waals surface area contributed by atoms with Crippen LogP contribution in [0.3, 0.4) is 0 Å². The fraction of sp³-hybridized carbons (Fsp3) is 0.778. The molecule has 1 N–H and O–H groups in total. The highest BCUT2D eigenvalue weighted by Gasteiger charge is 2.34. The molecule has 0 fully saturated rings. The lowest BCUT2D eigenvalue weighted by atomic mass is 9.81. The van der Waals surface area contributed by atoms with Crippen LogP contribution in [0.4, 0.5) is 5.69 Å². The molecule has 0 aliphatic rings. The Balaban J connectivity index is 3.07. The zero-order valence-electron chi connectivity index (χ0n) is 15.6. The molecule has 22 heavy (non-hydrogen) atoms. The van der Waals surface area contributed by atoms with E-state index in [1.54, 1.807) is 0 Å². The van der Waals surface area contributed by atoms with Crippen LogP contribution in [0, 0.1) is 5.41 Å². The maximum absolute atomic E-state index is 12.0. The summed E-state index contributed by atoms with van der Waals surface area (Å²) in [7, 11) is 1.91. The van der Waals surface area contributed by atoms with Gasteiger partial charge in [-0.3, -0.25) is 9.59 Å². The average Bonchev–Trinajstić information content (AvgIpc) is 2.30. The fourth-order valence-electron chi connectivity index (χ4n) is 2.78. The van der Waals surface area contributed by atoms with E-state index in [0.29, 0.717) is 23.8 Å². The minimum absolute atomic E-state index is 0.0673. The third-order valence-electron chi connectivity index (χ3n) is 4.05. The summed E-state index contributed by atoms with van der Waals surface area (Å²) in [5, 5.41) is 3.57. The molecule has 0 unspecified atom stereocenters. The third kappa shape index (κ3) is 3.97. The highest BCUT2D eigenvalue weighted by molar-refractivity contribution is 5.61. The zero-order valence-corrected chi connectivity index (χ0v) is 15.6. The molecular weight excluding hydrogens is 276 g/mol. The van der Waals surface area contributed by atoms with Crippen molar-refractivity contribution in [3.63, 3.8) is 0 Å². The van der Waals surface area contributed by atoms with Crippen LogP contribution in [-0.2, 0) is 5.41 Å². The zero-order chi connectivity index (χ0) is 17.5. The molecule has 1 rings (SSSR count). The number of nitrogens with one attached hydrogen (secondary N) is 1. The van der Waals surface area contributed by atoms with E-state index in [-0.39, 0.29) is 27.7 Å². The molecule has 0 heterocycles. The van der Waals surface area contributed by atoms with Gasteiger partial charge in [0.05, 0.1) is 5.69 Å². The van der Waals surface area contributed by atoms with Gasteiger partial charge in [-0.25, -0.2) is 0 Å². The minimum Gasteiger partial charge on any atom is -0.369 e. The summed E-state index contributed by atoms with van der Waals surface area (Å²) in [5.41, 5.74) is 0.368. The van der Waals surface area contributed by atoms with Crippen molar-refractivity contribution < 1.29 is 0 Å². The van der Waals surface area contributed by atoms with Crippen molar-refractivity contribution in [2.45, 2.75) is 72.9 Å². The normalized spacial score (nSPS) is 14.6. The highest BCUT2D eigenvalue weighted by atomic mass is 16.2. The van der Waals surface area contributed by atoms with E-state index in [0.717, 1.165) is 0 Å². The highest BCUT2D eigenvalue weighted by Crippen LogP contribution is 2.29. The van der Waals surface area contributed by atoms with Crippen molar-refractivity contribution in [1.82, 2.24) is 5.32 Å². The molecule has 0 saturated heterocycles. The molecule has 0 aromatic heterocycles. The Kier molecular flexibility index (Phi) is 5.28. The Hall–Kier alpha value is -1.16. The second-order valence-electron chi connectivity index (χ2n) is 8.75. The molecule has 1 aromatic rings. The first kappa shape index (κ1) is 18.9. The van der Waals surface area contributed by atoms with Crippen LogP contribution in [0.2, 0.25) is 0 Å². The molecular formula is C18H32N2O2. The first-order chi connectivity index (χ1) is 9.76. The van der Waals surface area contributed by atoms with Crippen molar-refractivity contribution in [3.05, 3.63) is 26.0 Å². The number of nitrogens with zero attached hydrogens (tertiary/aromatic N) is 1. The van der Waals surface area contributed by atoms with Gasteiger partial charge < -0.3 is 10.2 Å². The smallest absolute Gasteiger partial charge is 0.249 e. The van der Waals surface area contributed by atoms with E-state index in [9.17, 15) is 9.59 Å². The summed E-state index contributed by atoms with van der Waals surface area (Å²) in [6, 6.07) is 0.599. The summed E-state index contributed by atoms with van der Waals surface area (Å²) in [6.45, 7) is 17.5. The predicted molar refractivity (Wildman–Crippen MR) is 94.8 cm³/mol. The van der Waals surface area contributed by atoms with Crippen LogP contribution < -0.4 is 21.1 Å². The minimum atomic E-state index is -0.343. The van der Waals surface area contributed by atoms with Gasteiger partial charge in [0.15, 0.2) is 0 Å². The van der Waals surface area contributed by atoms with E-state index in [4.69, 9.17) is 0 Å². The molecule has 126 valence electrons. The molecule has 0 bridgehead atoms. The quantitative estimate of drug-likeness (QED) is 0.849. The fourth-order valence-corrected chi connectivity index (χ4v) is 2.78. The molecule has 0 aliphatic heterocycles. The van der Waals surface area contributed by atoms with Crippen LogP contribution in [-0.4, -0.2) is 25.7 Å². The Morgan fingerprint density at radius 1 is 1.00 bits per heavy atom. The van der Waals surface area contributed by atoms with E-state index in [1.807, 2.05) is 32.7 Å². The lowest BCUT2D eigenvalue weighted by Gasteiger charge is -2.38. The van der Waals surface area contributed by atoms with Crippen molar-refractivity contribution in [1.29, 1.82) is 0 Å². The first-order valence-electron chi connectivity index (χ1n) is 8.07. The lowest BCUT2D eigenvalue weighted by molar-refractivity contribution is 0.257. The molecule has 0 amide bonds. The van der Waals surface area contributed by atoms with Gasteiger partial charge in [0.25, 0.3) is 0 Å². The van der Waals surface area contributed by atoms with E-state index in [2.05, 4.69) is 39.9 Å². The SMILES string of the molecule is CC(C)N[C@H](CN(C)c1c(C(C)(C)C)c(=O)c1=O)C(C)(C)C. The van der Waals surface area contributed by atoms with Gasteiger partial charge >= 0.3 is 0 Å².